The van der Waals surface area contributed by atoms with Crippen LogP contribution in [0.25, 0.3) is 0 Å². The molecule has 0 rings (SSSR count). The van der Waals surface area contributed by atoms with Crippen molar-refractivity contribution in [3.8, 4) is 0 Å². The van der Waals surface area contributed by atoms with Crippen LogP contribution in [0.1, 0.15) is 142 Å². The van der Waals surface area contributed by atoms with Crippen molar-refractivity contribution in [1.29, 1.82) is 0 Å². The van der Waals surface area contributed by atoms with Crippen molar-refractivity contribution >= 4 is 13.8 Å². The Bertz CT molecular complexity index is 1140. The molecule has 308 valence electrons. The van der Waals surface area contributed by atoms with Gasteiger partial charge in [0.2, 0.25) is 0 Å². The molecule has 0 saturated heterocycles. The molecule has 0 bridgehead atoms. The van der Waals surface area contributed by atoms with Gasteiger partial charge in [0.15, 0.2) is 0 Å². The normalized spacial score (nSPS) is 14.5. The van der Waals surface area contributed by atoms with Crippen molar-refractivity contribution in [3.05, 3.63) is 97.2 Å². The maximum atomic E-state index is 12.5. The van der Waals surface area contributed by atoms with E-state index in [0.29, 0.717) is 13.0 Å². The van der Waals surface area contributed by atoms with Crippen LogP contribution >= 0.6 is 7.82 Å². The van der Waals surface area contributed by atoms with Gasteiger partial charge >= 0.3 is 13.8 Å². The molecule has 2 atom stereocenters. The zero-order valence-corrected chi connectivity index (χ0v) is 34.8. The summed E-state index contributed by atoms with van der Waals surface area (Å²) < 4.78 is 33.3. The van der Waals surface area contributed by atoms with Crippen molar-refractivity contribution in [2.24, 2.45) is 5.73 Å². The zero-order valence-electron chi connectivity index (χ0n) is 33.9. The van der Waals surface area contributed by atoms with Crippen LogP contribution in [0, 0.1) is 0 Å². The Balaban J connectivity index is 4.28. The van der Waals surface area contributed by atoms with Gasteiger partial charge in [-0.05, 0) is 96.3 Å². The molecule has 0 aliphatic heterocycles. The number of allylic oxidation sites excluding steroid dienone is 16. The van der Waals surface area contributed by atoms with E-state index in [1.54, 1.807) is 0 Å². The first-order valence-electron chi connectivity index (χ1n) is 20.7. The SMILES string of the molecule is CCCCC/C=C\C/C=C\C/C=C\C/C=C\CCCCOCC(COP(=O)(O)OCCN)OC(=O)CCC/C=C\C/C=C\C/C=C\C/C=C\CCCCC. The second-order valence-corrected chi connectivity index (χ2v) is 14.6. The lowest BCUT2D eigenvalue weighted by Gasteiger charge is -2.20. The summed E-state index contributed by atoms with van der Waals surface area (Å²) in [6.07, 6.45) is 54.3. The van der Waals surface area contributed by atoms with E-state index in [1.165, 1.54) is 51.4 Å². The lowest BCUT2D eigenvalue weighted by Crippen LogP contribution is -2.28. The van der Waals surface area contributed by atoms with Crippen LogP contribution in [0.2, 0.25) is 0 Å². The Labute approximate surface area is 330 Å². The Morgan fingerprint density at radius 3 is 1.39 bits per heavy atom. The number of carbonyl (C=O) groups is 1. The predicted molar refractivity (Wildman–Crippen MR) is 228 cm³/mol. The van der Waals surface area contributed by atoms with Gasteiger partial charge in [0.05, 0.1) is 19.8 Å². The third-order valence-corrected chi connectivity index (χ3v) is 8.96. The molecule has 2 unspecified atom stereocenters. The lowest BCUT2D eigenvalue weighted by atomic mass is 10.2. The van der Waals surface area contributed by atoms with Gasteiger partial charge < -0.3 is 20.1 Å². The topological polar surface area (TPSA) is 117 Å². The van der Waals surface area contributed by atoms with E-state index in [1.807, 2.05) is 0 Å². The molecule has 0 amide bonds. The van der Waals surface area contributed by atoms with Crippen LogP contribution in [0.5, 0.6) is 0 Å². The van der Waals surface area contributed by atoms with E-state index >= 15 is 0 Å². The smallest absolute Gasteiger partial charge is 0.457 e. The molecule has 0 spiro atoms. The van der Waals surface area contributed by atoms with Gasteiger partial charge in [-0.15, -0.1) is 0 Å². The van der Waals surface area contributed by atoms with Gasteiger partial charge in [-0.3, -0.25) is 13.8 Å². The van der Waals surface area contributed by atoms with Crippen molar-refractivity contribution in [2.45, 2.75) is 148 Å². The quantitative estimate of drug-likeness (QED) is 0.0276. The predicted octanol–water partition coefficient (Wildman–Crippen LogP) is 12.3. The van der Waals surface area contributed by atoms with Crippen molar-refractivity contribution in [2.75, 3.05) is 33.0 Å². The van der Waals surface area contributed by atoms with Gasteiger partial charge in [0, 0.05) is 19.6 Å². The Morgan fingerprint density at radius 1 is 0.556 bits per heavy atom. The number of ether oxygens (including phenoxy) is 2. The first kappa shape index (κ1) is 51.4. The summed E-state index contributed by atoms with van der Waals surface area (Å²) in [6.45, 7) is 4.64. The summed E-state index contributed by atoms with van der Waals surface area (Å²) in [4.78, 5) is 22.4. The Morgan fingerprint density at radius 2 is 0.963 bits per heavy atom. The van der Waals surface area contributed by atoms with Crippen molar-refractivity contribution in [1.82, 2.24) is 0 Å². The maximum absolute atomic E-state index is 12.5. The van der Waals surface area contributed by atoms with E-state index in [2.05, 4.69) is 111 Å². The van der Waals surface area contributed by atoms with Gasteiger partial charge in [-0.2, -0.15) is 0 Å². The first-order chi connectivity index (χ1) is 26.4. The largest absolute Gasteiger partial charge is 0.472 e. The first-order valence-corrected chi connectivity index (χ1v) is 22.2. The summed E-state index contributed by atoms with van der Waals surface area (Å²) in [7, 11) is -4.31. The lowest BCUT2D eigenvalue weighted by molar-refractivity contribution is -0.154. The highest BCUT2D eigenvalue weighted by Crippen LogP contribution is 2.43. The Kier molecular flexibility index (Phi) is 39.6. The fraction of sp³-hybridized carbons (Fsp3) is 0.622. The molecule has 0 aromatic carbocycles. The number of rotatable bonds is 38. The maximum Gasteiger partial charge on any atom is 0.472 e. The highest BCUT2D eigenvalue weighted by molar-refractivity contribution is 7.47. The minimum Gasteiger partial charge on any atom is -0.457 e. The number of esters is 1. The second kappa shape index (κ2) is 41.6. The highest BCUT2D eigenvalue weighted by Gasteiger charge is 2.25. The number of hydrogen-bond donors (Lipinski definition) is 2. The second-order valence-electron chi connectivity index (χ2n) is 13.1. The molecular weight excluding hydrogens is 697 g/mol. The fourth-order valence-electron chi connectivity index (χ4n) is 4.91. The fourth-order valence-corrected chi connectivity index (χ4v) is 5.68. The average Bonchev–Trinajstić information content (AvgIpc) is 3.16. The van der Waals surface area contributed by atoms with Crippen molar-refractivity contribution in [3.63, 3.8) is 0 Å². The van der Waals surface area contributed by atoms with Gasteiger partial charge in [-0.25, -0.2) is 4.57 Å². The molecule has 0 radical (unpaired) electrons. The van der Waals surface area contributed by atoms with Crippen molar-refractivity contribution < 1.29 is 32.8 Å². The molecule has 0 aromatic rings. The van der Waals surface area contributed by atoms with Gasteiger partial charge in [0.25, 0.3) is 0 Å². The van der Waals surface area contributed by atoms with Crippen LogP contribution in [0.3, 0.4) is 0 Å². The van der Waals surface area contributed by atoms with E-state index in [0.717, 1.165) is 64.2 Å². The summed E-state index contributed by atoms with van der Waals surface area (Å²) in [5.74, 6) is -0.403. The third kappa shape index (κ3) is 40.6. The molecule has 3 N–H and O–H groups in total. The molecule has 0 aromatic heterocycles. The molecule has 54 heavy (non-hydrogen) atoms. The number of phosphoric acid groups is 1. The molecule has 0 heterocycles. The number of unbranched alkanes of at least 4 members (excludes halogenated alkanes) is 9. The summed E-state index contributed by atoms with van der Waals surface area (Å²) >= 11 is 0. The minimum atomic E-state index is -4.31. The van der Waals surface area contributed by atoms with Crippen LogP contribution in [-0.2, 0) is 27.9 Å². The molecule has 8 nitrogen and oxygen atoms in total. The monoisotopic (exact) mass is 774 g/mol. The number of carbonyl (C=O) groups excluding carboxylic acids is 1. The molecule has 0 saturated carbocycles. The third-order valence-electron chi connectivity index (χ3n) is 7.97. The van der Waals surface area contributed by atoms with Gasteiger partial charge in [0.1, 0.15) is 6.10 Å². The standard InChI is InChI=1S/C45H76NO7P/c1-3-5-7-9-11-13-15-17-19-21-23-25-27-29-31-33-35-37-40-50-42-44(43-52-54(48,49)51-41-39-46)53-45(47)38-36-34-32-30-28-26-24-22-20-18-16-14-12-10-8-6-4-2/h11-14,17-20,23-26,29-32,44H,3-10,15-16,21-22,27-28,33-43,46H2,1-2H3,(H,48,49)/b13-11-,14-12-,19-17-,20-18-,25-23-,26-24-,31-29-,32-30-. The van der Waals surface area contributed by atoms with E-state index in [4.69, 9.17) is 24.3 Å². The zero-order chi connectivity index (χ0) is 39.5. The summed E-state index contributed by atoms with van der Waals surface area (Å²) in [5, 5.41) is 0. The van der Waals surface area contributed by atoms with E-state index in [9.17, 15) is 14.3 Å². The van der Waals surface area contributed by atoms with Gasteiger partial charge in [-0.1, -0.05) is 137 Å². The van der Waals surface area contributed by atoms with E-state index in [-0.39, 0.29) is 32.8 Å². The van der Waals surface area contributed by atoms with Crippen LogP contribution in [0.15, 0.2) is 97.2 Å². The minimum absolute atomic E-state index is 0.0597. The summed E-state index contributed by atoms with van der Waals surface area (Å²) in [5.41, 5.74) is 5.35. The molecule has 0 fully saturated rings. The number of hydrogen-bond acceptors (Lipinski definition) is 7. The Hall–Kier alpha value is -2.58. The molecule has 0 aliphatic rings. The number of nitrogens with two attached hydrogens (primary N) is 1. The molecule has 0 aliphatic carbocycles. The molecular formula is C45H76NO7P. The average molecular weight is 774 g/mol. The van der Waals surface area contributed by atoms with Crippen LogP contribution < -0.4 is 5.73 Å². The van der Waals surface area contributed by atoms with Crippen LogP contribution in [0.4, 0.5) is 0 Å². The summed E-state index contributed by atoms with van der Waals surface area (Å²) in [6, 6.07) is 0. The number of phosphoric ester groups is 1. The highest BCUT2D eigenvalue weighted by atomic mass is 31.2. The van der Waals surface area contributed by atoms with E-state index < -0.39 is 19.9 Å². The van der Waals surface area contributed by atoms with Crippen LogP contribution in [-0.4, -0.2) is 49.9 Å². The molecule has 9 heteroatoms.